The standard InChI is InChI=1S/C32H34F3NO4/c1-20(36-15-13-22(18-36)12-14-32(33,34)35)19-39-27-9-6-23(7-10-27)31-30(24-4-3-5-25(37)16-24)21(2)28-17-26(38)8-11-29(28)40-31/h3-11,16-17,20,22,31,37-38H,12-15,18-19H2,1-2H3. The van der Waals surface area contributed by atoms with E-state index in [9.17, 15) is 23.4 Å². The minimum atomic E-state index is -4.10. The Morgan fingerprint density at radius 1 is 1.02 bits per heavy atom. The molecule has 1 fully saturated rings. The number of ether oxygens (including phenoxy) is 2. The average Bonchev–Trinajstić information content (AvgIpc) is 3.40. The van der Waals surface area contributed by atoms with Crippen molar-refractivity contribution in [3.63, 3.8) is 0 Å². The van der Waals surface area contributed by atoms with Crippen LogP contribution in [-0.4, -0.2) is 47.0 Å². The second kappa shape index (κ2) is 11.5. The van der Waals surface area contributed by atoms with Gasteiger partial charge in [-0.1, -0.05) is 24.3 Å². The molecular formula is C32H34F3NO4. The molecular weight excluding hydrogens is 519 g/mol. The number of rotatable bonds is 8. The van der Waals surface area contributed by atoms with Crippen LogP contribution in [0.4, 0.5) is 13.2 Å². The molecule has 3 unspecified atom stereocenters. The van der Waals surface area contributed by atoms with Crippen LogP contribution < -0.4 is 9.47 Å². The summed E-state index contributed by atoms with van der Waals surface area (Å²) in [5.74, 6) is 1.74. The summed E-state index contributed by atoms with van der Waals surface area (Å²) < 4.78 is 50.2. The van der Waals surface area contributed by atoms with Crippen LogP contribution in [0.5, 0.6) is 23.0 Å². The Labute approximate surface area is 232 Å². The number of aromatic hydroxyl groups is 2. The molecule has 0 aromatic heterocycles. The van der Waals surface area contributed by atoms with Gasteiger partial charge in [-0.25, -0.2) is 0 Å². The first-order valence-corrected chi connectivity index (χ1v) is 13.6. The van der Waals surface area contributed by atoms with Crippen LogP contribution in [0.2, 0.25) is 0 Å². The van der Waals surface area contributed by atoms with Gasteiger partial charge in [0.15, 0.2) is 0 Å². The third-order valence-corrected chi connectivity index (χ3v) is 7.89. The fourth-order valence-electron chi connectivity index (χ4n) is 5.64. The number of fused-ring (bicyclic) bond motifs is 1. The van der Waals surface area contributed by atoms with Crippen molar-refractivity contribution in [3.05, 3.63) is 83.4 Å². The summed E-state index contributed by atoms with van der Waals surface area (Å²) >= 11 is 0. The van der Waals surface area contributed by atoms with E-state index < -0.39 is 18.7 Å². The quantitative estimate of drug-likeness (QED) is 0.301. The second-order valence-corrected chi connectivity index (χ2v) is 10.8. The van der Waals surface area contributed by atoms with E-state index in [1.807, 2.05) is 44.2 Å². The highest BCUT2D eigenvalue weighted by molar-refractivity contribution is 5.95. The van der Waals surface area contributed by atoms with E-state index >= 15 is 0 Å². The summed E-state index contributed by atoms with van der Waals surface area (Å²) in [7, 11) is 0. The lowest BCUT2D eigenvalue weighted by Gasteiger charge is -2.31. The molecule has 2 heterocycles. The van der Waals surface area contributed by atoms with E-state index in [1.54, 1.807) is 36.4 Å². The van der Waals surface area contributed by atoms with Gasteiger partial charge in [0.2, 0.25) is 0 Å². The first-order chi connectivity index (χ1) is 19.1. The normalized spacial score (nSPS) is 20.2. The summed E-state index contributed by atoms with van der Waals surface area (Å²) in [5, 5.41) is 20.2. The Kier molecular flexibility index (Phi) is 7.99. The van der Waals surface area contributed by atoms with Gasteiger partial charge in [-0.3, -0.25) is 4.90 Å². The van der Waals surface area contributed by atoms with Crippen molar-refractivity contribution < 1.29 is 32.9 Å². The molecule has 0 radical (unpaired) electrons. The van der Waals surface area contributed by atoms with Crippen LogP contribution in [0.1, 0.15) is 55.9 Å². The van der Waals surface area contributed by atoms with Gasteiger partial charge in [-0.05, 0) is 98.3 Å². The van der Waals surface area contributed by atoms with Crippen LogP contribution in [0.15, 0.2) is 66.7 Å². The van der Waals surface area contributed by atoms with Crippen molar-refractivity contribution in [1.82, 2.24) is 4.90 Å². The number of nitrogens with zero attached hydrogens (tertiary/aromatic N) is 1. The Hall–Kier alpha value is -3.65. The van der Waals surface area contributed by atoms with Gasteiger partial charge in [0.1, 0.15) is 35.7 Å². The lowest BCUT2D eigenvalue weighted by atomic mass is 9.86. The van der Waals surface area contributed by atoms with Gasteiger partial charge < -0.3 is 19.7 Å². The molecule has 0 amide bonds. The molecule has 1 saturated heterocycles. The van der Waals surface area contributed by atoms with Gasteiger partial charge in [-0.15, -0.1) is 0 Å². The third-order valence-electron chi connectivity index (χ3n) is 7.89. The molecule has 0 saturated carbocycles. The lowest BCUT2D eigenvalue weighted by Crippen LogP contribution is -2.35. The molecule has 5 rings (SSSR count). The van der Waals surface area contributed by atoms with Crippen LogP contribution in [0.25, 0.3) is 11.1 Å². The maximum Gasteiger partial charge on any atom is 0.389 e. The summed E-state index contributed by atoms with van der Waals surface area (Å²) in [6, 6.07) is 19.9. The molecule has 0 aliphatic carbocycles. The largest absolute Gasteiger partial charge is 0.508 e. The molecule has 2 aliphatic heterocycles. The molecule has 3 aromatic rings. The van der Waals surface area contributed by atoms with Crippen molar-refractivity contribution in [1.29, 1.82) is 0 Å². The van der Waals surface area contributed by atoms with Gasteiger partial charge in [0, 0.05) is 30.1 Å². The summed E-state index contributed by atoms with van der Waals surface area (Å²) in [6.45, 7) is 5.92. The van der Waals surface area contributed by atoms with Crippen LogP contribution in [0, 0.1) is 5.92 Å². The molecule has 5 nitrogen and oxygen atoms in total. The predicted octanol–water partition coefficient (Wildman–Crippen LogP) is 7.59. The van der Waals surface area contributed by atoms with E-state index in [4.69, 9.17) is 9.47 Å². The number of phenolic OH excluding ortho intramolecular Hbond substituents is 2. The zero-order valence-electron chi connectivity index (χ0n) is 22.6. The molecule has 0 bridgehead atoms. The SMILES string of the molecule is CC1=C(c2cccc(O)c2)C(c2ccc(OCC(C)N3CCC(CCC(F)(F)F)C3)cc2)Oc2ccc(O)cc21. The summed E-state index contributed by atoms with van der Waals surface area (Å²) in [4.78, 5) is 2.20. The van der Waals surface area contributed by atoms with E-state index in [0.29, 0.717) is 24.7 Å². The molecule has 2 N–H and O–H groups in total. The number of phenols is 2. The van der Waals surface area contributed by atoms with Crippen LogP contribution in [0.3, 0.4) is 0 Å². The fraction of sp³-hybridized carbons (Fsp3) is 0.375. The van der Waals surface area contributed by atoms with Crippen molar-refractivity contribution in [2.45, 2.75) is 51.4 Å². The number of alkyl halides is 3. The fourth-order valence-corrected chi connectivity index (χ4v) is 5.64. The number of halogens is 3. The first-order valence-electron chi connectivity index (χ1n) is 13.6. The van der Waals surface area contributed by atoms with E-state index in [2.05, 4.69) is 4.90 Å². The Morgan fingerprint density at radius 3 is 2.50 bits per heavy atom. The summed E-state index contributed by atoms with van der Waals surface area (Å²) in [5.41, 5.74) is 4.37. The first kappa shape index (κ1) is 27.9. The molecule has 3 atom stereocenters. The monoisotopic (exact) mass is 553 g/mol. The van der Waals surface area contributed by atoms with Gasteiger partial charge >= 0.3 is 6.18 Å². The molecule has 3 aromatic carbocycles. The number of likely N-dealkylation sites (tertiary alicyclic amines) is 1. The second-order valence-electron chi connectivity index (χ2n) is 10.8. The van der Waals surface area contributed by atoms with E-state index in [0.717, 1.165) is 40.8 Å². The van der Waals surface area contributed by atoms with Crippen LogP contribution in [-0.2, 0) is 0 Å². The summed E-state index contributed by atoms with van der Waals surface area (Å²) in [6.07, 6.45) is -4.29. The minimum absolute atomic E-state index is 0.0742. The zero-order chi connectivity index (χ0) is 28.4. The maximum absolute atomic E-state index is 12.6. The van der Waals surface area contributed by atoms with Gasteiger partial charge in [0.25, 0.3) is 0 Å². The van der Waals surface area contributed by atoms with Crippen molar-refractivity contribution in [3.8, 4) is 23.0 Å². The van der Waals surface area contributed by atoms with Crippen LogP contribution >= 0.6 is 0 Å². The zero-order valence-corrected chi connectivity index (χ0v) is 22.6. The van der Waals surface area contributed by atoms with E-state index in [-0.39, 0.29) is 29.9 Å². The van der Waals surface area contributed by atoms with Gasteiger partial charge in [0.05, 0.1) is 0 Å². The minimum Gasteiger partial charge on any atom is -0.508 e. The average molecular weight is 554 g/mol. The predicted molar refractivity (Wildman–Crippen MR) is 148 cm³/mol. The van der Waals surface area contributed by atoms with E-state index in [1.165, 1.54) is 0 Å². The van der Waals surface area contributed by atoms with Crippen molar-refractivity contribution in [2.75, 3.05) is 19.7 Å². The Morgan fingerprint density at radius 2 is 1.77 bits per heavy atom. The number of allylic oxidation sites excluding steroid dienone is 1. The van der Waals surface area contributed by atoms with Gasteiger partial charge in [-0.2, -0.15) is 13.2 Å². The molecule has 40 heavy (non-hydrogen) atoms. The number of hydrogen-bond acceptors (Lipinski definition) is 5. The Bertz CT molecular complexity index is 1370. The topological polar surface area (TPSA) is 62.2 Å². The number of hydrogen-bond donors (Lipinski definition) is 2. The van der Waals surface area contributed by atoms with Crippen molar-refractivity contribution in [2.24, 2.45) is 5.92 Å². The molecule has 0 spiro atoms. The number of benzene rings is 3. The highest BCUT2D eigenvalue weighted by Gasteiger charge is 2.33. The third kappa shape index (κ3) is 6.39. The molecule has 8 heteroatoms. The highest BCUT2D eigenvalue weighted by Crippen LogP contribution is 2.47. The molecule has 212 valence electrons. The maximum atomic E-state index is 12.6. The Balaban J connectivity index is 1.28. The smallest absolute Gasteiger partial charge is 0.389 e. The molecule has 2 aliphatic rings. The lowest BCUT2D eigenvalue weighted by molar-refractivity contribution is -0.137. The highest BCUT2D eigenvalue weighted by atomic mass is 19.4. The van der Waals surface area contributed by atoms with Crippen molar-refractivity contribution >= 4 is 11.1 Å².